The largest absolute Gasteiger partial charge is 0.387 e. The maximum absolute atomic E-state index is 11.8. The summed E-state index contributed by atoms with van der Waals surface area (Å²) >= 11 is 0. The number of amides is 1. The standard InChI is InChI=1S/C12H18N2O2/c1-13-11-7-4-3-6-10(11)12(15)14-8-5-9-16-2/h3-4,6-7,13H,5,8-9H2,1-2H3,(H,14,15). The Balaban J connectivity index is 2.52. The molecule has 88 valence electrons. The molecule has 0 aromatic heterocycles. The number of carbonyl (C=O) groups is 1. The number of rotatable bonds is 6. The molecule has 0 aliphatic rings. The molecule has 1 amide bonds. The number of hydrogen-bond acceptors (Lipinski definition) is 3. The Morgan fingerprint density at radius 2 is 2.12 bits per heavy atom. The van der Waals surface area contributed by atoms with Crippen LogP contribution in [0.1, 0.15) is 16.8 Å². The summed E-state index contributed by atoms with van der Waals surface area (Å²) in [5, 5.41) is 5.84. The van der Waals surface area contributed by atoms with E-state index < -0.39 is 0 Å². The second-order valence-corrected chi connectivity index (χ2v) is 3.40. The van der Waals surface area contributed by atoms with Gasteiger partial charge in [0.15, 0.2) is 0 Å². The van der Waals surface area contributed by atoms with Crippen molar-refractivity contribution in [3.63, 3.8) is 0 Å². The zero-order valence-electron chi connectivity index (χ0n) is 9.75. The predicted octanol–water partition coefficient (Wildman–Crippen LogP) is 1.49. The van der Waals surface area contributed by atoms with Gasteiger partial charge in [0, 0.05) is 33.0 Å². The van der Waals surface area contributed by atoms with Gasteiger partial charge in [-0.25, -0.2) is 0 Å². The molecular formula is C12H18N2O2. The van der Waals surface area contributed by atoms with Gasteiger partial charge in [0.05, 0.1) is 5.56 Å². The molecule has 0 radical (unpaired) electrons. The molecular weight excluding hydrogens is 204 g/mol. The first-order valence-corrected chi connectivity index (χ1v) is 5.33. The van der Waals surface area contributed by atoms with Gasteiger partial charge in [0.25, 0.3) is 5.91 Å². The lowest BCUT2D eigenvalue weighted by Gasteiger charge is -2.09. The van der Waals surface area contributed by atoms with Gasteiger partial charge in [-0.05, 0) is 18.6 Å². The van der Waals surface area contributed by atoms with Gasteiger partial charge in [-0.3, -0.25) is 4.79 Å². The highest BCUT2D eigenvalue weighted by molar-refractivity contribution is 5.99. The minimum atomic E-state index is -0.0546. The SMILES string of the molecule is CNc1ccccc1C(=O)NCCCOC. The topological polar surface area (TPSA) is 50.4 Å². The summed E-state index contributed by atoms with van der Waals surface area (Å²) < 4.78 is 4.91. The molecule has 1 aromatic rings. The average Bonchev–Trinajstić information content (AvgIpc) is 2.34. The first-order valence-electron chi connectivity index (χ1n) is 5.33. The summed E-state index contributed by atoms with van der Waals surface area (Å²) in [4.78, 5) is 11.8. The summed E-state index contributed by atoms with van der Waals surface area (Å²) in [6.45, 7) is 1.29. The third-order valence-corrected chi connectivity index (χ3v) is 2.25. The quantitative estimate of drug-likeness (QED) is 0.717. The molecule has 0 saturated heterocycles. The molecule has 0 aliphatic heterocycles. The average molecular weight is 222 g/mol. The van der Waals surface area contributed by atoms with Gasteiger partial charge in [-0.2, -0.15) is 0 Å². The third-order valence-electron chi connectivity index (χ3n) is 2.25. The van der Waals surface area contributed by atoms with Crippen LogP contribution in [0, 0.1) is 0 Å². The van der Waals surface area contributed by atoms with Crippen molar-refractivity contribution in [1.29, 1.82) is 0 Å². The van der Waals surface area contributed by atoms with Gasteiger partial charge in [0.2, 0.25) is 0 Å². The van der Waals surface area contributed by atoms with E-state index in [1.807, 2.05) is 18.2 Å². The molecule has 0 aliphatic carbocycles. The molecule has 16 heavy (non-hydrogen) atoms. The van der Waals surface area contributed by atoms with E-state index in [2.05, 4.69) is 10.6 Å². The van der Waals surface area contributed by atoms with E-state index >= 15 is 0 Å². The second-order valence-electron chi connectivity index (χ2n) is 3.40. The van der Waals surface area contributed by atoms with Crippen LogP contribution in [0.3, 0.4) is 0 Å². The Hall–Kier alpha value is -1.55. The van der Waals surface area contributed by atoms with E-state index in [9.17, 15) is 4.79 Å². The fourth-order valence-corrected chi connectivity index (χ4v) is 1.41. The molecule has 0 saturated carbocycles. The lowest BCUT2D eigenvalue weighted by molar-refractivity contribution is 0.0949. The summed E-state index contributed by atoms with van der Waals surface area (Å²) in [6, 6.07) is 7.43. The summed E-state index contributed by atoms with van der Waals surface area (Å²) in [5.41, 5.74) is 1.51. The van der Waals surface area contributed by atoms with Crippen molar-refractivity contribution >= 4 is 11.6 Å². The highest BCUT2D eigenvalue weighted by Gasteiger charge is 2.08. The number of nitrogens with one attached hydrogen (secondary N) is 2. The van der Waals surface area contributed by atoms with Gasteiger partial charge < -0.3 is 15.4 Å². The van der Waals surface area contributed by atoms with E-state index in [1.54, 1.807) is 20.2 Å². The number of anilines is 1. The number of hydrogen-bond donors (Lipinski definition) is 2. The second kappa shape index (κ2) is 6.85. The molecule has 0 unspecified atom stereocenters. The van der Waals surface area contributed by atoms with Crippen molar-refractivity contribution in [2.75, 3.05) is 32.6 Å². The lowest BCUT2D eigenvalue weighted by Crippen LogP contribution is -2.25. The Labute approximate surface area is 96.0 Å². The Morgan fingerprint density at radius 3 is 2.81 bits per heavy atom. The molecule has 4 heteroatoms. The highest BCUT2D eigenvalue weighted by atomic mass is 16.5. The van der Waals surface area contributed by atoms with E-state index in [1.165, 1.54) is 0 Å². The number of carbonyl (C=O) groups excluding carboxylic acids is 1. The normalized spacial score (nSPS) is 9.88. The zero-order chi connectivity index (χ0) is 11.8. The van der Waals surface area contributed by atoms with Crippen LogP contribution in [0.5, 0.6) is 0 Å². The van der Waals surface area contributed by atoms with Crippen LogP contribution in [-0.4, -0.2) is 33.2 Å². The van der Waals surface area contributed by atoms with Crippen LogP contribution >= 0.6 is 0 Å². The molecule has 0 bridgehead atoms. The number of para-hydroxylation sites is 1. The van der Waals surface area contributed by atoms with Crippen molar-refractivity contribution in [2.24, 2.45) is 0 Å². The van der Waals surface area contributed by atoms with Gasteiger partial charge in [0.1, 0.15) is 0 Å². The van der Waals surface area contributed by atoms with Gasteiger partial charge in [-0.15, -0.1) is 0 Å². The molecule has 1 rings (SSSR count). The van der Waals surface area contributed by atoms with Crippen LogP contribution in [0.15, 0.2) is 24.3 Å². The molecule has 0 fully saturated rings. The van der Waals surface area contributed by atoms with Crippen molar-refractivity contribution in [2.45, 2.75) is 6.42 Å². The van der Waals surface area contributed by atoms with Crippen LogP contribution in [0.25, 0.3) is 0 Å². The first-order chi connectivity index (χ1) is 7.79. The minimum absolute atomic E-state index is 0.0546. The Bertz CT molecular complexity index is 340. The molecule has 0 heterocycles. The van der Waals surface area contributed by atoms with Crippen molar-refractivity contribution in [3.05, 3.63) is 29.8 Å². The van der Waals surface area contributed by atoms with Crippen molar-refractivity contribution in [3.8, 4) is 0 Å². The summed E-state index contributed by atoms with van der Waals surface area (Å²) in [5.74, 6) is -0.0546. The van der Waals surface area contributed by atoms with Crippen LogP contribution in [-0.2, 0) is 4.74 Å². The van der Waals surface area contributed by atoms with Crippen molar-refractivity contribution < 1.29 is 9.53 Å². The van der Waals surface area contributed by atoms with Crippen LogP contribution in [0.2, 0.25) is 0 Å². The monoisotopic (exact) mass is 222 g/mol. The molecule has 1 aromatic carbocycles. The van der Waals surface area contributed by atoms with E-state index in [0.29, 0.717) is 18.7 Å². The van der Waals surface area contributed by atoms with E-state index in [0.717, 1.165) is 12.1 Å². The summed E-state index contributed by atoms with van der Waals surface area (Å²) in [7, 11) is 3.45. The maximum Gasteiger partial charge on any atom is 0.253 e. The zero-order valence-corrected chi connectivity index (χ0v) is 9.75. The Morgan fingerprint density at radius 1 is 1.38 bits per heavy atom. The molecule has 0 atom stereocenters. The van der Waals surface area contributed by atoms with Crippen LogP contribution in [0.4, 0.5) is 5.69 Å². The maximum atomic E-state index is 11.8. The predicted molar refractivity (Wildman–Crippen MR) is 64.8 cm³/mol. The van der Waals surface area contributed by atoms with Crippen LogP contribution < -0.4 is 10.6 Å². The smallest absolute Gasteiger partial charge is 0.253 e. The van der Waals surface area contributed by atoms with Gasteiger partial charge >= 0.3 is 0 Å². The minimum Gasteiger partial charge on any atom is -0.387 e. The fraction of sp³-hybridized carbons (Fsp3) is 0.417. The van der Waals surface area contributed by atoms with E-state index in [4.69, 9.17) is 4.74 Å². The number of ether oxygens (including phenoxy) is 1. The lowest BCUT2D eigenvalue weighted by atomic mass is 10.1. The molecule has 0 spiro atoms. The number of benzene rings is 1. The van der Waals surface area contributed by atoms with Crippen molar-refractivity contribution in [1.82, 2.24) is 5.32 Å². The highest BCUT2D eigenvalue weighted by Crippen LogP contribution is 2.13. The molecule has 4 nitrogen and oxygen atoms in total. The number of methoxy groups -OCH3 is 1. The third kappa shape index (κ3) is 3.55. The van der Waals surface area contributed by atoms with Gasteiger partial charge in [-0.1, -0.05) is 12.1 Å². The Kier molecular flexibility index (Phi) is 5.36. The van der Waals surface area contributed by atoms with E-state index in [-0.39, 0.29) is 5.91 Å². The first kappa shape index (κ1) is 12.5. The fourth-order valence-electron chi connectivity index (χ4n) is 1.41. The molecule has 2 N–H and O–H groups in total. The summed E-state index contributed by atoms with van der Waals surface area (Å²) in [6.07, 6.45) is 0.823.